The number of hydrogen-bond donors (Lipinski definition) is 3. The minimum absolute atomic E-state index is 0.000508. The van der Waals surface area contributed by atoms with E-state index in [1.54, 1.807) is 6.07 Å². The maximum Gasteiger partial charge on any atom is 0.277 e. The van der Waals surface area contributed by atoms with Crippen LogP contribution in [0, 0.1) is 15.2 Å². The summed E-state index contributed by atoms with van der Waals surface area (Å²) in [6, 6.07) is 7.24. The molecule has 0 saturated heterocycles. The highest BCUT2D eigenvalue weighted by atomic mass is 127. The molecule has 0 aliphatic carbocycles. The van der Waals surface area contributed by atoms with Crippen LogP contribution in [0.2, 0.25) is 0 Å². The number of carbonyl (C=O) groups excluding carboxylic acids is 1. The monoisotopic (exact) mass is 474 g/mol. The fraction of sp³-hybridized carbons (Fsp3) is 0.118. The molecule has 0 unspecified atom stereocenters. The minimum Gasteiger partial charge on any atom is -0.461 e. The van der Waals surface area contributed by atoms with E-state index >= 15 is 0 Å². The third-order valence-electron chi connectivity index (χ3n) is 3.48. The maximum atomic E-state index is 14.9. The SMILES string of the molecule is O=C(NOCCO)c1cc2ccoc2c(F)c1Nc1ccc(I)cc1F. The molecule has 0 radical (unpaired) electrons. The molecule has 0 aliphatic heterocycles. The van der Waals surface area contributed by atoms with Crippen LogP contribution in [0.3, 0.4) is 0 Å². The second kappa shape index (κ2) is 7.98. The van der Waals surface area contributed by atoms with Crippen molar-refractivity contribution in [2.75, 3.05) is 18.5 Å². The number of benzene rings is 2. The lowest BCUT2D eigenvalue weighted by molar-refractivity contribution is 0.0169. The van der Waals surface area contributed by atoms with E-state index in [1.165, 1.54) is 30.5 Å². The van der Waals surface area contributed by atoms with Gasteiger partial charge in [-0.1, -0.05) is 0 Å². The third kappa shape index (κ3) is 3.79. The van der Waals surface area contributed by atoms with Gasteiger partial charge < -0.3 is 14.8 Å². The van der Waals surface area contributed by atoms with Crippen LogP contribution < -0.4 is 10.8 Å². The predicted octanol–water partition coefficient (Wildman–Crippen LogP) is 3.71. The smallest absolute Gasteiger partial charge is 0.277 e. The summed E-state index contributed by atoms with van der Waals surface area (Å²) in [4.78, 5) is 17.1. The van der Waals surface area contributed by atoms with E-state index in [2.05, 4.69) is 10.8 Å². The maximum absolute atomic E-state index is 14.9. The molecule has 0 atom stereocenters. The van der Waals surface area contributed by atoms with E-state index in [9.17, 15) is 13.6 Å². The van der Waals surface area contributed by atoms with Gasteiger partial charge in [-0.05, 0) is 52.9 Å². The summed E-state index contributed by atoms with van der Waals surface area (Å²) in [5.41, 5.74) is 1.68. The standard InChI is InChI=1S/C17H13F2IN2O4/c18-12-8-10(20)1-2-13(12)21-15-11(17(24)22-26-6-4-23)7-9-3-5-25-16(9)14(15)19/h1-3,5,7-8,21,23H,4,6H2,(H,22,24). The molecule has 0 spiro atoms. The quantitative estimate of drug-likeness (QED) is 0.288. The van der Waals surface area contributed by atoms with Crippen LogP contribution in [-0.2, 0) is 4.84 Å². The van der Waals surface area contributed by atoms with Crippen LogP contribution >= 0.6 is 22.6 Å². The van der Waals surface area contributed by atoms with E-state index in [4.69, 9.17) is 14.4 Å². The van der Waals surface area contributed by atoms with Crippen molar-refractivity contribution in [2.45, 2.75) is 0 Å². The molecule has 1 aromatic heterocycles. The highest BCUT2D eigenvalue weighted by Crippen LogP contribution is 2.33. The molecule has 0 fully saturated rings. The second-order valence-corrected chi connectivity index (χ2v) is 6.45. The number of aliphatic hydroxyl groups excluding tert-OH is 1. The second-order valence-electron chi connectivity index (χ2n) is 5.20. The van der Waals surface area contributed by atoms with Crippen LogP contribution in [0.4, 0.5) is 20.2 Å². The van der Waals surface area contributed by atoms with Crippen molar-refractivity contribution in [1.29, 1.82) is 0 Å². The first-order chi connectivity index (χ1) is 12.5. The number of nitrogens with one attached hydrogen (secondary N) is 2. The van der Waals surface area contributed by atoms with Crippen molar-refractivity contribution in [3.63, 3.8) is 0 Å². The molecular formula is C17H13F2IN2O4. The van der Waals surface area contributed by atoms with Gasteiger partial charge in [0.15, 0.2) is 11.4 Å². The molecule has 136 valence electrons. The van der Waals surface area contributed by atoms with Crippen LogP contribution in [-0.4, -0.2) is 24.2 Å². The Kier molecular flexibility index (Phi) is 5.69. The van der Waals surface area contributed by atoms with Gasteiger partial charge in [0.05, 0.1) is 36.4 Å². The molecule has 26 heavy (non-hydrogen) atoms. The Labute approximate surface area is 160 Å². The molecule has 2 aromatic carbocycles. The van der Waals surface area contributed by atoms with Gasteiger partial charge in [0.2, 0.25) is 0 Å². The van der Waals surface area contributed by atoms with E-state index in [1.807, 2.05) is 22.6 Å². The van der Waals surface area contributed by atoms with Crippen LogP contribution in [0.15, 0.2) is 41.0 Å². The number of hydroxylamine groups is 1. The zero-order chi connectivity index (χ0) is 18.7. The van der Waals surface area contributed by atoms with Gasteiger partial charge in [-0.15, -0.1) is 0 Å². The summed E-state index contributed by atoms with van der Waals surface area (Å²) in [7, 11) is 0. The van der Waals surface area contributed by atoms with E-state index in [-0.39, 0.29) is 35.7 Å². The number of fused-ring (bicyclic) bond motifs is 1. The Morgan fingerprint density at radius 1 is 1.27 bits per heavy atom. The lowest BCUT2D eigenvalue weighted by Crippen LogP contribution is -2.26. The Balaban J connectivity index is 2.04. The Hall–Kier alpha value is -2.24. The predicted molar refractivity (Wildman–Crippen MR) is 99.1 cm³/mol. The molecule has 0 bridgehead atoms. The number of rotatable bonds is 6. The Morgan fingerprint density at radius 3 is 2.81 bits per heavy atom. The van der Waals surface area contributed by atoms with Gasteiger partial charge in [-0.25, -0.2) is 14.3 Å². The van der Waals surface area contributed by atoms with Crippen LogP contribution in [0.5, 0.6) is 0 Å². The average Bonchev–Trinajstić information content (AvgIpc) is 3.08. The molecule has 3 rings (SSSR count). The first kappa shape index (κ1) is 18.5. The molecule has 3 N–H and O–H groups in total. The molecular weight excluding hydrogens is 461 g/mol. The van der Waals surface area contributed by atoms with E-state index < -0.39 is 17.5 Å². The Morgan fingerprint density at radius 2 is 2.08 bits per heavy atom. The zero-order valence-corrected chi connectivity index (χ0v) is 15.3. The van der Waals surface area contributed by atoms with E-state index in [0.29, 0.717) is 8.96 Å². The van der Waals surface area contributed by atoms with Gasteiger partial charge in [-0.3, -0.25) is 9.63 Å². The highest BCUT2D eigenvalue weighted by Gasteiger charge is 2.22. The normalized spacial score (nSPS) is 10.9. The van der Waals surface area contributed by atoms with Gasteiger partial charge in [-0.2, -0.15) is 0 Å². The summed E-state index contributed by atoms with van der Waals surface area (Å²) in [5.74, 6) is -2.19. The largest absolute Gasteiger partial charge is 0.461 e. The Bertz CT molecular complexity index is 961. The van der Waals surface area contributed by atoms with Crippen LogP contribution in [0.25, 0.3) is 11.0 Å². The summed E-state index contributed by atoms with van der Waals surface area (Å²) in [5, 5.41) is 11.7. The molecule has 1 heterocycles. The average molecular weight is 474 g/mol. The number of aliphatic hydroxyl groups is 1. The van der Waals surface area contributed by atoms with Crippen molar-refractivity contribution in [2.24, 2.45) is 0 Å². The number of furan rings is 1. The number of carbonyl (C=O) groups is 1. The molecule has 0 aliphatic rings. The molecule has 0 saturated carbocycles. The lowest BCUT2D eigenvalue weighted by Gasteiger charge is -2.14. The fourth-order valence-electron chi connectivity index (χ4n) is 2.31. The first-order valence-electron chi connectivity index (χ1n) is 7.46. The summed E-state index contributed by atoms with van der Waals surface area (Å²) < 4.78 is 34.8. The highest BCUT2D eigenvalue weighted by molar-refractivity contribution is 14.1. The van der Waals surface area contributed by atoms with Crippen molar-refractivity contribution in [3.05, 3.63) is 57.4 Å². The third-order valence-corrected chi connectivity index (χ3v) is 4.15. The van der Waals surface area contributed by atoms with Gasteiger partial charge in [0.25, 0.3) is 5.91 Å². The van der Waals surface area contributed by atoms with Crippen molar-refractivity contribution in [3.8, 4) is 0 Å². The molecule has 9 heteroatoms. The fourth-order valence-corrected chi connectivity index (χ4v) is 2.77. The van der Waals surface area contributed by atoms with Crippen molar-refractivity contribution >= 4 is 50.8 Å². The van der Waals surface area contributed by atoms with Crippen LogP contribution in [0.1, 0.15) is 10.4 Å². The summed E-state index contributed by atoms with van der Waals surface area (Å²) in [6.07, 6.45) is 1.28. The molecule has 3 aromatic rings. The van der Waals surface area contributed by atoms with Crippen molar-refractivity contribution in [1.82, 2.24) is 5.48 Å². The summed E-state index contributed by atoms with van der Waals surface area (Å²) in [6.45, 7) is -0.426. The number of amides is 1. The number of anilines is 2. The molecule has 1 amide bonds. The summed E-state index contributed by atoms with van der Waals surface area (Å²) >= 11 is 1.95. The van der Waals surface area contributed by atoms with Gasteiger partial charge >= 0.3 is 0 Å². The first-order valence-corrected chi connectivity index (χ1v) is 8.54. The van der Waals surface area contributed by atoms with Crippen molar-refractivity contribution < 1.29 is 27.9 Å². The van der Waals surface area contributed by atoms with Gasteiger partial charge in [0.1, 0.15) is 5.82 Å². The lowest BCUT2D eigenvalue weighted by atomic mass is 10.1. The topological polar surface area (TPSA) is 83.7 Å². The molecule has 6 nitrogen and oxygen atoms in total. The van der Waals surface area contributed by atoms with Gasteiger partial charge in [0, 0.05) is 8.96 Å². The van der Waals surface area contributed by atoms with E-state index in [0.717, 1.165) is 0 Å². The zero-order valence-electron chi connectivity index (χ0n) is 13.2. The number of hydrogen-bond acceptors (Lipinski definition) is 5. The number of halogens is 3. The minimum atomic E-state index is -0.835.